The molecule has 1 aliphatic heterocycles. The number of nitrogens with two attached hydrogens (primary N) is 2. The van der Waals surface area contributed by atoms with Crippen molar-refractivity contribution in [1.82, 2.24) is 0 Å². The average Bonchev–Trinajstić information content (AvgIpc) is 2.74. The first-order valence-corrected chi connectivity index (χ1v) is 5.05. The van der Waals surface area contributed by atoms with E-state index in [4.69, 9.17) is 20.9 Å². The Bertz CT molecular complexity index is 166. The molecule has 0 bridgehead atoms. The molecule has 1 spiro atoms. The maximum absolute atomic E-state index is 5.84. The van der Waals surface area contributed by atoms with E-state index in [0.717, 1.165) is 12.8 Å². The highest BCUT2D eigenvalue weighted by atomic mass is 16.8. The minimum atomic E-state index is -0.325. The molecule has 4 nitrogen and oxygen atoms in total. The predicted molar refractivity (Wildman–Crippen MR) is 49.1 cm³/mol. The van der Waals surface area contributed by atoms with E-state index in [1.54, 1.807) is 0 Å². The van der Waals surface area contributed by atoms with Crippen molar-refractivity contribution in [2.24, 2.45) is 11.5 Å². The fraction of sp³-hybridized carbons (Fsp3) is 1.00. The van der Waals surface area contributed by atoms with Crippen LogP contribution in [0.15, 0.2) is 0 Å². The molecule has 4 heteroatoms. The summed E-state index contributed by atoms with van der Waals surface area (Å²) in [4.78, 5) is 0. The standard InChI is InChI=1S/C9H18N2O2/c10-5-7-8(6-11)13-9(12-7)3-1-2-4-9/h7-8H,1-6,10-11H2. The Morgan fingerprint density at radius 3 is 1.85 bits per heavy atom. The largest absolute Gasteiger partial charge is 0.343 e. The molecule has 2 aliphatic rings. The van der Waals surface area contributed by atoms with Crippen molar-refractivity contribution in [3.63, 3.8) is 0 Å². The molecule has 2 fully saturated rings. The van der Waals surface area contributed by atoms with Crippen LogP contribution in [0.25, 0.3) is 0 Å². The van der Waals surface area contributed by atoms with E-state index >= 15 is 0 Å². The van der Waals surface area contributed by atoms with Gasteiger partial charge in [-0.2, -0.15) is 0 Å². The molecular formula is C9H18N2O2. The van der Waals surface area contributed by atoms with Gasteiger partial charge in [-0.15, -0.1) is 0 Å². The zero-order chi connectivity index (χ0) is 9.31. The topological polar surface area (TPSA) is 70.5 Å². The Morgan fingerprint density at radius 2 is 1.46 bits per heavy atom. The van der Waals surface area contributed by atoms with Gasteiger partial charge in [0.15, 0.2) is 5.79 Å². The van der Waals surface area contributed by atoms with Crippen LogP contribution in [0.1, 0.15) is 25.7 Å². The van der Waals surface area contributed by atoms with Crippen molar-refractivity contribution >= 4 is 0 Å². The smallest absolute Gasteiger partial charge is 0.169 e. The SMILES string of the molecule is NCC1OC2(CCCC2)OC1CN. The molecule has 1 heterocycles. The molecule has 0 aromatic heterocycles. The first-order valence-electron chi connectivity index (χ1n) is 5.05. The lowest BCUT2D eigenvalue weighted by Gasteiger charge is -2.21. The number of rotatable bonds is 2. The lowest BCUT2D eigenvalue weighted by molar-refractivity contribution is -0.167. The van der Waals surface area contributed by atoms with E-state index in [9.17, 15) is 0 Å². The summed E-state index contributed by atoms with van der Waals surface area (Å²) in [6.45, 7) is 1.01. The van der Waals surface area contributed by atoms with Crippen LogP contribution in [0, 0.1) is 0 Å². The lowest BCUT2D eigenvalue weighted by atomic mass is 10.2. The molecule has 1 aliphatic carbocycles. The average molecular weight is 186 g/mol. The number of ether oxygens (including phenoxy) is 2. The summed E-state index contributed by atoms with van der Waals surface area (Å²) in [7, 11) is 0. The predicted octanol–water partition coefficient (Wildman–Crippen LogP) is -0.0419. The Labute approximate surface area is 78.6 Å². The van der Waals surface area contributed by atoms with Gasteiger partial charge in [0.1, 0.15) is 12.2 Å². The molecule has 0 amide bonds. The van der Waals surface area contributed by atoms with Gasteiger partial charge in [0, 0.05) is 25.9 Å². The highest BCUT2D eigenvalue weighted by molar-refractivity contribution is 4.90. The summed E-state index contributed by atoms with van der Waals surface area (Å²) >= 11 is 0. The van der Waals surface area contributed by atoms with Crippen molar-refractivity contribution in [1.29, 1.82) is 0 Å². The van der Waals surface area contributed by atoms with E-state index in [-0.39, 0.29) is 18.0 Å². The second-order valence-electron chi connectivity index (χ2n) is 3.90. The van der Waals surface area contributed by atoms with Gasteiger partial charge in [0.2, 0.25) is 0 Å². The van der Waals surface area contributed by atoms with Gasteiger partial charge in [0.05, 0.1) is 0 Å². The normalized spacial score (nSPS) is 37.4. The first kappa shape index (κ1) is 9.40. The maximum Gasteiger partial charge on any atom is 0.169 e. The van der Waals surface area contributed by atoms with E-state index in [2.05, 4.69) is 0 Å². The Balaban J connectivity index is 2.03. The van der Waals surface area contributed by atoms with Crippen molar-refractivity contribution in [2.75, 3.05) is 13.1 Å². The zero-order valence-corrected chi connectivity index (χ0v) is 7.87. The van der Waals surface area contributed by atoms with Crippen LogP contribution in [-0.4, -0.2) is 31.1 Å². The monoisotopic (exact) mass is 186 g/mol. The third-order valence-electron chi connectivity index (χ3n) is 2.98. The molecular weight excluding hydrogens is 168 g/mol. The summed E-state index contributed by atoms with van der Waals surface area (Å²) in [6, 6.07) is 0. The van der Waals surface area contributed by atoms with Gasteiger partial charge >= 0.3 is 0 Å². The van der Waals surface area contributed by atoms with Gasteiger partial charge in [-0.3, -0.25) is 0 Å². The van der Waals surface area contributed by atoms with Crippen LogP contribution in [0.5, 0.6) is 0 Å². The maximum atomic E-state index is 5.84. The van der Waals surface area contributed by atoms with Crippen LogP contribution >= 0.6 is 0 Å². The zero-order valence-electron chi connectivity index (χ0n) is 7.87. The van der Waals surface area contributed by atoms with Crippen LogP contribution in [-0.2, 0) is 9.47 Å². The lowest BCUT2D eigenvalue weighted by Crippen LogP contribution is -2.35. The van der Waals surface area contributed by atoms with E-state index in [1.807, 2.05) is 0 Å². The van der Waals surface area contributed by atoms with E-state index < -0.39 is 0 Å². The molecule has 76 valence electrons. The molecule has 0 aromatic rings. The minimum absolute atomic E-state index is 0.00287. The molecule has 2 unspecified atom stereocenters. The van der Waals surface area contributed by atoms with Crippen molar-refractivity contribution in [3.05, 3.63) is 0 Å². The summed E-state index contributed by atoms with van der Waals surface area (Å²) in [5.74, 6) is -0.325. The summed E-state index contributed by atoms with van der Waals surface area (Å²) in [6.07, 6.45) is 4.38. The highest BCUT2D eigenvalue weighted by Crippen LogP contribution is 2.41. The van der Waals surface area contributed by atoms with Gasteiger partial charge < -0.3 is 20.9 Å². The quantitative estimate of drug-likeness (QED) is 0.634. The molecule has 1 saturated heterocycles. The molecule has 13 heavy (non-hydrogen) atoms. The Morgan fingerprint density at radius 1 is 1.00 bits per heavy atom. The molecule has 4 N–H and O–H groups in total. The minimum Gasteiger partial charge on any atom is -0.343 e. The molecule has 0 radical (unpaired) electrons. The number of hydrogen-bond donors (Lipinski definition) is 2. The van der Waals surface area contributed by atoms with E-state index in [0.29, 0.717) is 13.1 Å². The van der Waals surface area contributed by atoms with Crippen LogP contribution in [0.3, 0.4) is 0 Å². The second kappa shape index (κ2) is 3.53. The van der Waals surface area contributed by atoms with E-state index in [1.165, 1.54) is 12.8 Å². The summed E-state index contributed by atoms with van der Waals surface area (Å²) in [5, 5.41) is 0. The molecule has 2 rings (SSSR count). The van der Waals surface area contributed by atoms with Crippen molar-refractivity contribution in [2.45, 2.75) is 43.7 Å². The fourth-order valence-electron chi connectivity index (χ4n) is 2.28. The second-order valence-corrected chi connectivity index (χ2v) is 3.90. The molecule has 2 atom stereocenters. The Kier molecular flexibility index (Phi) is 2.55. The number of hydrogen-bond acceptors (Lipinski definition) is 4. The van der Waals surface area contributed by atoms with Gasteiger partial charge in [-0.1, -0.05) is 0 Å². The third-order valence-corrected chi connectivity index (χ3v) is 2.98. The van der Waals surface area contributed by atoms with Gasteiger partial charge in [0.25, 0.3) is 0 Å². The molecule has 1 saturated carbocycles. The van der Waals surface area contributed by atoms with Crippen LogP contribution in [0.2, 0.25) is 0 Å². The van der Waals surface area contributed by atoms with Crippen molar-refractivity contribution < 1.29 is 9.47 Å². The van der Waals surface area contributed by atoms with Gasteiger partial charge in [-0.25, -0.2) is 0 Å². The summed E-state index contributed by atoms with van der Waals surface area (Å²) in [5.41, 5.74) is 11.2. The van der Waals surface area contributed by atoms with Gasteiger partial charge in [-0.05, 0) is 12.8 Å². The molecule has 0 aromatic carbocycles. The first-order chi connectivity index (χ1) is 6.29. The fourth-order valence-corrected chi connectivity index (χ4v) is 2.28. The Hall–Kier alpha value is -0.160. The highest BCUT2D eigenvalue weighted by Gasteiger charge is 2.47. The third kappa shape index (κ3) is 1.59. The summed E-state index contributed by atoms with van der Waals surface area (Å²) < 4.78 is 11.7. The van der Waals surface area contributed by atoms with Crippen LogP contribution < -0.4 is 11.5 Å². The van der Waals surface area contributed by atoms with Crippen molar-refractivity contribution in [3.8, 4) is 0 Å². The van der Waals surface area contributed by atoms with Crippen LogP contribution in [0.4, 0.5) is 0 Å².